The SMILES string of the molecule is c1ccc(CCNC2CCSC2)cc1. The van der Waals surface area contributed by atoms with E-state index in [1.807, 2.05) is 0 Å². The van der Waals surface area contributed by atoms with Crippen LogP contribution < -0.4 is 5.32 Å². The molecule has 0 saturated carbocycles. The molecular weight excluding hydrogens is 190 g/mol. The Morgan fingerprint density at radius 3 is 2.86 bits per heavy atom. The van der Waals surface area contributed by atoms with E-state index < -0.39 is 0 Å². The van der Waals surface area contributed by atoms with Crippen LogP contribution in [0.25, 0.3) is 0 Å². The summed E-state index contributed by atoms with van der Waals surface area (Å²) in [5.74, 6) is 2.64. The topological polar surface area (TPSA) is 12.0 Å². The second kappa shape index (κ2) is 5.42. The van der Waals surface area contributed by atoms with E-state index in [4.69, 9.17) is 0 Å². The van der Waals surface area contributed by atoms with E-state index in [2.05, 4.69) is 47.4 Å². The van der Waals surface area contributed by atoms with Crippen LogP contribution in [0.1, 0.15) is 12.0 Å². The maximum absolute atomic E-state index is 3.61. The van der Waals surface area contributed by atoms with Crippen LogP contribution in [0.4, 0.5) is 0 Å². The van der Waals surface area contributed by atoms with Crippen molar-refractivity contribution >= 4 is 11.8 Å². The third-order valence-corrected chi connectivity index (χ3v) is 3.78. The number of hydrogen-bond donors (Lipinski definition) is 1. The van der Waals surface area contributed by atoms with Gasteiger partial charge in [-0.15, -0.1) is 0 Å². The van der Waals surface area contributed by atoms with Crippen molar-refractivity contribution in [3.8, 4) is 0 Å². The van der Waals surface area contributed by atoms with Gasteiger partial charge in [-0.3, -0.25) is 0 Å². The molecule has 1 aromatic carbocycles. The third-order valence-electron chi connectivity index (χ3n) is 2.62. The van der Waals surface area contributed by atoms with Crippen molar-refractivity contribution in [2.45, 2.75) is 18.9 Å². The Balaban J connectivity index is 1.67. The highest BCUT2D eigenvalue weighted by atomic mass is 32.2. The molecule has 2 rings (SSSR count). The van der Waals surface area contributed by atoms with Crippen LogP contribution in [0.15, 0.2) is 30.3 Å². The van der Waals surface area contributed by atoms with Crippen molar-refractivity contribution in [1.29, 1.82) is 0 Å². The summed E-state index contributed by atoms with van der Waals surface area (Å²) in [5.41, 5.74) is 1.44. The minimum absolute atomic E-state index is 0.767. The van der Waals surface area contributed by atoms with Crippen molar-refractivity contribution in [2.24, 2.45) is 0 Å². The maximum atomic E-state index is 3.61. The van der Waals surface area contributed by atoms with Crippen molar-refractivity contribution in [3.05, 3.63) is 35.9 Å². The number of nitrogens with one attached hydrogen (secondary N) is 1. The van der Waals surface area contributed by atoms with Gasteiger partial charge in [0.1, 0.15) is 0 Å². The zero-order chi connectivity index (χ0) is 9.64. The standard InChI is InChI=1S/C12H17NS/c1-2-4-11(5-3-1)6-8-13-12-7-9-14-10-12/h1-5,12-13H,6-10H2. The highest BCUT2D eigenvalue weighted by molar-refractivity contribution is 7.99. The molecule has 1 aliphatic heterocycles. The van der Waals surface area contributed by atoms with Gasteiger partial charge in [0.15, 0.2) is 0 Å². The van der Waals surface area contributed by atoms with Gasteiger partial charge < -0.3 is 5.32 Å². The summed E-state index contributed by atoms with van der Waals surface area (Å²) in [6.45, 7) is 1.12. The van der Waals surface area contributed by atoms with Crippen LogP contribution in [0.5, 0.6) is 0 Å². The molecule has 1 fully saturated rings. The molecule has 0 aliphatic carbocycles. The van der Waals surface area contributed by atoms with Gasteiger partial charge >= 0.3 is 0 Å². The Hall–Kier alpha value is -0.470. The van der Waals surface area contributed by atoms with Crippen molar-refractivity contribution in [3.63, 3.8) is 0 Å². The van der Waals surface area contributed by atoms with Crippen LogP contribution >= 0.6 is 11.8 Å². The summed E-state index contributed by atoms with van der Waals surface area (Å²) in [7, 11) is 0. The zero-order valence-electron chi connectivity index (χ0n) is 8.41. The van der Waals surface area contributed by atoms with Gasteiger partial charge in [0.05, 0.1) is 0 Å². The van der Waals surface area contributed by atoms with E-state index >= 15 is 0 Å². The molecule has 0 aromatic heterocycles. The molecule has 14 heavy (non-hydrogen) atoms. The molecule has 0 bridgehead atoms. The molecule has 76 valence electrons. The lowest BCUT2D eigenvalue weighted by molar-refractivity contribution is 0.560. The molecule has 1 aliphatic rings. The highest BCUT2D eigenvalue weighted by Crippen LogP contribution is 2.16. The van der Waals surface area contributed by atoms with Crippen LogP contribution in [0, 0.1) is 0 Å². The molecule has 1 heterocycles. The molecule has 0 radical (unpaired) electrons. The fourth-order valence-electron chi connectivity index (χ4n) is 1.76. The molecule has 1 aromatic rings. The second-order valence-electron chi connectivity index (χ2n) is 3.75. The summed E-state index contributed by atoms with van der Waals surface area (Å²) >= 11 is 2.07. The predicted molar refractivity (Wildman–Crippen MR) is 63.9 cm³/mol. The van der Waals surface area contributed by atoms with Crippen LogP contribution in [-0.4, -0.2) is 24.1 Å². The lowest BCUT2D eigenvalue weighted by Gasteiger charge is -2.10. The number of hydrogen-bond acceptors (Lipinski definition) is 2. The van der Waals surface area contributed by atoms with Gasteiger partial charge in [-0.1, -0.05) is 30.3 Å². The quantitative estimate of drug-likeness (QED) is 0.813. The first kappa shape index (κ1) is 10.1. The minimum atomic E-state index is 0.767. The lowest BCUT2D eigenvalue weighted by atomic mass is 10.1. The lowest BCUT2D eigenvalue weighted by Crippen LogP contribution is -2.30. The average Bonchev–Trinajstić information content (AvgIpc) is 2.72. The summed E-state index contributed by atoms with van der Waals surface area (Å²) < 4.78 is 0. The largest absolute Gasteiger partial charge is 0.313 e. The van der Waals surface area contributed by atoms with Crippen molar-refractivity contribution in [1.82, 2.24) is 5.32 Å². The highest BCUT2D eigenvalue weighted by Gasteiger charge is 2.13. The van der Waals surface area contributed by atoms with E-state index in [-0.39, 0.29) is 0 Å². The summed E-state index contributed by atoms with van der Waals surface area (Å²) in [6.07, 6.45) is 2.50. The van der Waals surface area contributed by atoms with E-state index in [1.165, 1.54) is 23.5 Å². The first-order valence-corrected chi connectivity index (χ1v) is 6.46. The average molecular weight is 207 g/mol. The number of rotatable bonds is 4. The molecule has 0 spiro atoms. The third kappa shape index (κ3) is 3.03. The summed E-state index contributed by atoms with van der Waals surface area (Å²) in [6, 6.07) is 11.5. The Bertz CT molecular complexity index is 254. The molecule has 2 heteroatoms. The Labute approximate surface area is 90.3 Å². The Morgan fingerprint density at radius 1 is 1.29 bits per heavy atom. The molecule has 1 unspecified atom stereocenters. The molecule has 1 N–H and O–H groups in total. The van der Waals surface area contributed by atoms with Gasteiger partial charge in [0.25, 0.3) is 0 Å². The predicted octanol–water partition coefficient (Wildman–Crippen LogP) is 2.32. The van der Waals surface area contributed by atoms with Gasteiger partial charge in [-0.25, -0.2) is 0 Å². The van der Waals surface area contributed by atoms with E-state index in [1.54, 1.807) is 0 Å². The van der Waals surface area contributed by atoms with Gasteiger partial charge in [0, 0.05) is 11.8 Å². The van der Waals surface area contributed by atoms with Crippen molar-refractivity contribution < 1.29 is 0 Å². The van der Waals surface area contributed by atoms with E-state index in [9.17, 15) is 0 Å². The number of thioether (sulfide) groups is 1. The second-order valence-corrected chi connectivity index (χ2v) is 4.90. The molecule has 1 nitrogen and oxygen atoms in total. The fourth-order valence-corrected chi connectivity index (χ4v) is 2.95. The first-order valence-electron chi connectivity index (χ1n) is 5.30. The Kier molecular flexibility index (Phi) is 3.90. The van der Waals surface area contributed by atoms with Crippen molar-refractivity contribution in [2.75, 3.05) is 18.1 Å². The summed E-state index contributed by atoms with van der Waals surface area (Å²) in [4.78, 5) is 0. The Morgan fingerprint density at radius 2 is 2.14 bits per heavy atom. The normalized spacial score (nSPS) is 21.3. The van der Waals surface area contributed by atoms with Crippen LogP contribution in [-0.2, 0) is 6.42 Å². The van der Waals surface area contributed by atoms with Gasteiger partial charge in [0.2, 0.25) is 0 Å². The van der Waals surface area contributed by atoms with E-state index in [0.29, 0.717) is 0 Å². The maximum Gasteiger partial charge on any atom is 0.0166 e. The first-order chi connectivity index (χ1) is 6.95. The molecule has 0 amide bonds. The van der Waals surface area contributed by atoms with Gasteiger partial charge in [-0.05, 0) is 30.7 Å². The monoisotopic (exact) mass is 207 g/mol. The fraction of sp³-hybridized carbons (Fsp3) is 0.500. The summed E-state index contributed by atoms with van der Waals surface area (Å²) in [5, 5.41) is 3.61. The van der Waals surface area contributed by atoms with Gasteiger partial charge in [-0.2, -0.15) is 11.8 Å². The molecule has 1 atom stereocenters. The minimum Gasteiger partial charge on any atom is -0.313 e. The molecule has 1 saturated heterocycles. The van der Waals surface area contributed by atoms with Crippen LogP contribution in [0.2, 0.25) is 0 Å². The smallest absolute Gasteiger partial charge is 0.0166 e. The number of benzene rings is 1. The molecular formula is C12H17NS. The van der Waals surface area contributed by atoms with Crippen LogP contribution in [0.3, 0.4) is 0 Å². The van der Waals surface area contributed by atoms with E-state index in [0.717, 1.165) is 19.0 Å². The zero-order valence-corrected chi connectivity index (χ0v) is 9.22.